The third-order valence-electron chi connectivity index (χ3n) is 6.33. The van der Waals surface area contributed by atoms with Crippen LogP contribution in [0.4, 0.5) is 5.82 Å². The zero-order chi connectivity index (χ0) is 24.8. The van der Waals surface area contributed by atoms with Gasteiger partial charge in [0, 0.05) is 31.1 Å². The van der Waals surface area contributed by atoms with Crippen LogP contribution in [0.2, 0.25) is 0 Å². The maximum atomic E-state index is 13.0. The second-order valence-corrected chi connectivity index (χ2v) is 10.4. The van der Waals surface area contributed by atoms with E-state index in [0.29, 0.717) is 47.3 Å². The van der Waals surface area contributed by atoms with Crippen molar-refractivity contribution in [3.05, 3.63) is 22.6 Å². The van der Waals surface area contributed by atoms with Gasteiger partial charge < -0.3 is 20.2 Å². The molecule has 0 saturated heterocycles. The van der Waals surface area contributed by atoms with Gasteiger partial charge in [-0.2, -0.15) is 5.26 Å². The first kappa shape index (κ1) is 25.8. The topological polar surface area (TPSA) is 132 Å². The van der Waals surface area contributed by atoms with Crippen LogP contribution in [0, 0.1) is 31.1 Å². The number of nitrogens with zero attached hydrogens (tertiary/aromatic N) is 5. The molecule has 0 atom stereocenters. The summed E-state index contributed by atoms with van der Waals surface area (Å²) < 4.78 is 4.13. The van der Waals surface area contributed by atoms with Crippen molar-refractivity contribution in [3.8, 4) is 6.07 Å². The molecule has 9 nitrogen and oxygen atoms in total. The number of nitrogens with two attached hydrogens (primary N) is 1. The van der Waals surface area contributed by atoms with E-state index in [4.69, 9.17) is 5.73 Å². The Morgan fingerprint density at radius 3 is 2.56 bits per heavy atom. The number of nitrogens with one attached hydrogen (secondary N) is 1. The van der Waals surface area contributed by atoms with Crippen molar-refractivity contribution in [3.63, 3.8) is 0 Å². The van der Waals surface area contributed by atoms with Crippen LogP contribution in [-0.4, -0.2) is 36.9 Å². The van der Waals surface area contributed by atoms with E-state index in [1.807, 2.05) is 18.4 Å². The maximum Gasteiger partial charge on any atom is 0.235 e. The number of anilines is 1. The first-order chi connectivity index (χ1) is 16.2. The minimum atomic E-state index is -0.382. The number of primary amides is 1. The second kappa shape index (κ2) is 11.6. The first-order valence-corrected chi connectivity index (χ1v) is 13.0. The summed E-state index contributed by atoms with van der Waals surface area (Å²) in [7, 11) is 0. The molecule has 0 unspecified atom stereocenters. The number of amides is 2. The third-order valence-corrected chi connectivity index (χ3v) is 7.30. The minimum absolute atomic E-state index is 0.144. The Morgan fingerprint density at radius 1 is 1.24 bits per heavy atom. The van der Waals surface area contributed by atoms with Crippen molar-refractivity contribution in [2.45, 2.75) is 90.4 Å². The molecule has 0 radical (unpaired) electrons. The molecule has 2 amide bonds. The summed E-state index contributed by atoms with van der Waals surface area (Å²) in [6.07, 6.45) is 6.30. The Balaban J connectivity index is 1.76. The van der Waals surface area contributed by atoms with Gasteiger partial charge in [0.05, 0.1) is 11.3 Å². The lowest BCUT2D eigenvalue weighted by Crippen LogP contribution is -2.22. The Kier molecular flexibility index (Phi) is 8.78. The molecular weight excluding hydrogens is 450 g/mol. The van der Waals surface area contributed by atoms with Crippen molar-refractivity contribution in [1.82, 2.24) is 19.3 Å². The minimum Gasteiger partial charge on any atom is -0.370 e. The third kappa shape index (κ3) is 6.00. The van der Waals surface area contributed by atoms with Crippen LogP contribution in [0.15, 0.2) is 5.16 Å². The van der Waals surface area contributed by atoms with Gasteiger partial charge >= 0.3 is 0 Å². The van der Waals surface area contributed by atoms with Gasteiger partial charge in [0.15, 0.2) is 5.16 Å². The van der Waals surface area contributed by atoms with Crippen molar-refractivity contribution in [1.29, 1.82) is 5.26 Å². The van der Waals surface area contributed by atoms with E-state index in [1.165, 1.54) is 18.2 Å². The first-order valence-electron chi connectivity index (χ1n) is 12.0. The van der Waals surface area contributed by atoms with Crippen molar-refractivity contribution in [2.24, 2.45) is 11.7 Å². The van der Waals surface area contributed by atoms with E-state index >= 15 is 0 Å². The molecule has 2 aromatic heterocycles. The zero-order valence-electron chi connectivity index (χ0n) is 20.6. The Bertz CT molecular complexity index is 1070. The van der Waals surface area contributed by atoms with E-state index in [1.54, 1.807) is 0 Å². The highest BCUT2D eigenvalue weighted by Gasteiger charge is 2.26. The highest BCUT2D eigenvalue weighted by Crippen LogP contribution is 2.37. The van der Waals surface area contributed by atoms with Gasteiger partial charge in [-0.05, 0) is 38.2 Å². The zero-order valence-corrected chi connectivity index (χ0v) is 21.4. The van der Waals surface area contributed by atoms with Crippen molar-refractivity contribution >= 4 is 29.4 Å². The predicted octanol–water partition coefficient (Wildman–Crippen LogP) is 3.88. The smallest absolute Gasteiger partial charge is 0.235 e. The molecule has 0 bridgehead atoms. The van der Waals surface area contributed by atoms with Gasteiger partial charge in [0.1, 0.15) is 17.7 Å². The van der Waals surface area contributed by atoms with Gasteiger partial charge in [-0.3, -0.25) is 9.59 Å². The molecule has 10 heteroatoms. The van der Waals surface area contributed by atoms with E-state index in [2.05, 4.69) is 40.0 Å². The summed E-state index contributed by atoms with van der Waals surface area (Å²) in [5, 5.41) is 21.9. The Labute approximate surface area is 205 Å². The number of carbonyl (C=O) groups is 2. The van der Waals surface area contributed by atoms with E-state index in [0.717, 1.165) is 36.9 Å². The summed E-state index contributed by atoms with van der Waals surface area (Å²) in [6, 6.07) is 2.60. The van der Waals surface area contributed by atoms with E-state index < -0.39 is 0 Å². The van der Waals surface area contributed by atoms with Crippen LogP contribution in [0.1, 0.15) is 81.1 Å². The lowest BCUT2D eigenvalue weighted by atomic mass is 9.95. The van der Waals surface area contributed by atoms with Crippen LogP contribution >= 0.6 is 11.8 Å². The highest BCUT2D eigenvalue weighted by molar-refractivity contribution is 7.99. The fraction of sp³-hybridized carbons (Fsp3) is 0.625. The quantitative estimate of drug-likeness (QED) is 0.491. The number of aromatic nitrogens is 4. The molecule has 1 aliphatic carbocycles. The average molecular weight is 486 g/mol. The number of carbonyl (C=O) groups excluding carboxylic acids is 2. The van der Waals surface area contributed by atoms with Crippen LogP contribution in [0.5, 0.6) is 0 Å². The molecule has 2 heterocycles. The van der Waals surface area contributed by atoms with Gasteiger partial charge in [-0.1, -0.05) is 44.9 Å². The summed E-state index contributed by atoms with van der Waals surface area (Å²) in [4.78, 5) is 24.2. The molecule has 3 N–H and O–H groups in total. The normalized spacial score (nSPS) is 14.4. The highest BCUT2D eigenvalue weighted by atomic mass is 32.2. The van der Waals surface area contributed by atoms with E-state index in [-0.39, 0.29) is 24.0 Å². The maximum absolute atomic E-state index is 13.0. The number of hydrogen-bond acceptors (Lipinski definition) is 6. The Hall–Kier alpha value is -2.80. The lowest BCUT2D eigenvalue weighted by molar-refractivity contribution is -0.118. The number of rotatable bonds is 10. The average Bonchev–Trinajstić information content (AvgIpc) is 3.28. The number of hydrogen-bond donors (Lipinski definition) is 2. The number of thioether (sulfide) groups is 1. The van der Waals surface area contributed by atoms with Gasteiger partial charge in [-0.15, -0.1) is 10.2 Å². The van der Waals surface area contributed by atoms with Gasteiger partial charge in [0.2, 0.25) is 11.8 Å². The summed E-state index contributed by atoms with van der Waals surface area (Å²) in [6.45, 7) is 8.84. The van der Waals surface area contributed by atoms with Crippen LogP contribution < -0.4 is 11.1 Å². The molecule has 184 valence electrons. The molecule has 0 aliphatic heterocycles. The van der Waals surface area contributed by atoms with Gasteiger partial charge in [-0.25, -0.2) is 0 Å². The van der Waals surface area contributed by atoms with Crippen molar-refractivity contribution in [2.75, 3.05) is 11.1 Å². The largest absolute Gasteiger partial charge is 0.370 e. The second-order valence-electron chi connectivity index (χ2n) is 9.41. The molecule has 0 spiro atoms. The number of aryl methyl sites for hydroxylation is 1. The van der Waals surface area contributed by atoms with Crippen LogP contribution in [0.3, 0.4) is 0 Å². The molecule has 1 saturated carbocycles. The summed E-state index contributed by atoms with van der Waals surface area (Å²) in [5.74, 6) is 1.23. The van der Waals surface area contributed by atoms with Crippen molar-refractivity contribution < 1.29 is 9.59 Å². The summed E-state index contributed by atoms with van der Waals surface area (Å²) in [5.41, 5.74) is 7.80. The SMILES string of the molecule is Cc1c(C#N)c(NC(=O)CSc2nnc(CCC(N)=O)n2CC(C)C)n(C2CCCCC2)c1C. The molecular formula is C24H35N7O2S. The molecule has 34 heavy (non-hydrogen) atoms. The standard InChI is InChI=1S/C24H35N7O2S/c1-15(2)13-30-21(11-10-20(26)32)28-29-24(30)34-14-22(33)27-23-19(12-25)16(3)17(4)31(23)18-8-6-5-7-9-18/h15,18H,5-11,13-14H2,1-4H3,(H2,26,32)(H,27,33). The van der Waals surface area contributed by atoms with Crippen LogP contribution in [-0.2, 0) is 22.6 Å². The monoisotopic (exact) mass is 485 g/mol. The van der Waals surface area contributed by atoms with E-state index in [9.17, 15) is 14.9 Å². The molecule has 3 rings (SSSR count). The summed E-state index contributed by atoms with van der Waals surface area (Å²) >= 11 is 1.31. The molecule has 0 aromatic carbocycles. The fourth-order valence-corrected chi connectivity index (χ4v) is 5.34. The molecule has 1 fully saturated rings. The van der Waals surface area contributed by atoms with Gasteiger partial charge in [0.25, 0.3) is 0 Å². The number of nitriles is 1. The fourth-order valence-electron chi connectivity index (χ4n) is 4.58. The lowest BCUT2D eigenvalue weighted by Gasteiger charge is -2.27. The Morgan fingerprint density at radius 2 is 1.94 bits per heavy atom. The van der Waals surface area contributed by atoms with Crippen LogP contribution in [0.25, 0.3) is 0 Å². The predicted molar refractivity (Wildman–Crippen MR) is 132 cm³/mol. The molecule has 2 aromatic rings. The molecule has 1 aliphatic rings.